The van der Waals surface area contributed by atoms with Crippen molar-refractivity contribution < 1.29 is 9.13 Å². The molecule has 0 spiro atoms. The molecule has 0 aliphatic heterocycles. The Hall–Kier alpha value is -2.69. The molecule has 1 aliphatic carbocycles. The fraction of sp³-hybridized carbons (Fsp3) is 0.125. The number of fused-ring (bicyclic) bond motifs is 5. The summed E-state index contributed by atoms with van der Waals surface area (Å²) in [5.41, 5.74) is 3.15. The first kappa shape index (κ1) is 12.1. The molecule has 104 valence electrons. The molecule has 0 radical (unpaired) electrons. The quantitative estimate of drug-likeness (QED) is 0.584. The van der Waals surface area contributed by atoms with Gasteiger partial charge in [0.05, 0.1) is 30.1 Å². The summed E-state index contributed by atoms with van der Waals surface area (Å²) in [4.78, 5) is 19.3. The van der Waals surface area contributed by atoms with E-state index in [1.54, 1.807) is 19.4 Å². The van der Waals surface area contributed by atoms with Crippen LogP contribution in [0, 0.1) is 5.82 Å². The van der Waals surface area contributed by atoms with Crippen molar-refractivity contribution in [3.05, 3.63) is 57.8 Å². The molecule has 4 nitrogen and oxygen atoms in total. The molecule has 1 aliphatic rings. The van der Waals surface area contributed by atoms with Crippen LogP contribution in [0.4, 0.5) is 4.39 Å². The lowest BCUT2D eigenvalue weighted by Gasteiger charge is -2.05. The minimum absolute atomic E-state index is 0.297. The van der Waals surface area contributed by atoms with Crippen LogP contribution < -0.4 is 10.3 Å². The van der Waals surface area contributed by atoms with Crippen LogP contribution in [0.5, 0.6) is 5.75 Å². The fourth-order valence-electron chi connectivity index (χ4n) is 2.89. The van der Waals surface area contributed by atoms with Crippen molar-refractivity contribution >= 4 is 10.8 Å². The third kappa shape index (κ3) is 1.67. The maximum atomic E-state index is 13.3. The highest BCUT2D eigenvalue weighted by molar-refractivity contribution is 5.92. The molecule has 3 aromatic rings. The molecule has 0 amide bonds. The summed E-state index contributed by atoms with van der Waals surface area (Å²) in [5.74, 6) is 0.266. The van der Waals surface area contributed by atoms with E-state index in [1.165, 1.54) is 12.1 Å². The van der Waals surface area contributed by atoms with E-state index in [4.69, 9.17) is 4.74 Å². The third-order valence-electron chi connectivity index (χ3n) is 3.87. The molecule has 4 rings (SSSR count). The average molecular weight is 282 g/mol. The Morgan fingerprint density at radius 2 is 2.14 bits per heavy atom. The van der Waals surface area contributed by atoms with E-state index >= 15 is 0 Å². The molecule has 1 N–H and O–H groups in total. The van der Waals surface area contributed by atoms with Crippen molar-refractivity contribution in [1.82, 2.24) is 9.97 Å². The summed E-state index contributed by atoms with van der Waals surface area (Å²) in [6, 6.07) is 6.21. The van der Waals surface area contributed by atoms with Gasteiger partial charge in [-0.3, -0.25) is 9.78 Å². The number of halogens is 1. The molecule has 21 heavy (non-hydrogen) atoms. The number of methoxy groups -OCH3 is 1. The van der Waals surface area contributed by atoms with Gasteiger partial charge in [0.15, 0.2) is 0 Å². The highest BCUT2D eigenvalue weighted by Crippen LogP contribution is 2.37. The summed E-state index contributed by atoms with van der Waals surface area (Å²) in [7, 11) is 1.59. The third-order valence-corrected chi connectivity index (χ3v) is 3.87. The molecular weight excluding hydrogens is 271 g/mol. The lowest BCUT2D eigenvalue weighted by molar-refractivity contribution is 0.412. The second-order valence-corrected chi connectivity index (χ2v) is 5.06. The Morgan fingerprint density at radius 1 is 1.29 bits per heavy atom. The predicted octanol–water partition coefficient (Wildman–Crippen LogP) is 2.64. The van der Waals surface area contributed by atoms with E-state index in [9.17, 15) is 9.18 Å². The van der Waals surface area contributed by atoms with Crippen LogP contribution in [0.2, 0.25) is 0 Å². The summed E-state index contributed by atoms with van der Waals surface area (Å²) < 4.78 is 18.5. The van der Waals surface area contributed by atoms with Gasteiger partial charge in [-0.1, -0.05) is 6.07 Å². The molecule has 0 bridgehead atoms. The first-order valence-corrected chi connectivity index (χ1v) is 6.55. The second kappa shape index (κ2) is 4.15. The van der Waals surface area contributed by atoms with Crippen LogP contribution >= 0.6 is 0 Å². The van der Waals surface area contributed by atoms with Crippen molar-refractivity contribution in [1.29, 1.82) is 0 Å². The van der Waals surface area contributed by atoms with Crippen LogP contribution in [0.1, 0.15) is 11.1 Å². The van der Waals surface area contributed by atoms with Crippen molar-refractivity contribution in [3.8, 4) is 17.1 Å². The van der Waals surface area contributed by atoms with Gasteiger partial charge in [-0.25, -0.2) is 4.39 Å². The molecule has 1 aromatic carbocycles. The highest BCUT2D eigenvalue weighted by atomic mass is 19.1. The van der Waals surface area contributed by atoms with Gasteiger partial charge in [0.1, 0.15) is 11.6 Å². The number of nitrogens with zero attached hydrogens (tertiary/aromatic N) is 1. The van der Waals surface area contributed by atoms with Gasteiger partial charge >= 0.3 is 0 Å². The molecule has 5 heteroatoms. The molecule has 0 unspecified atom stereocenters. The monoisotopic (exact) mass is 282 g/mol. The topological polar surface area (TPSA) is 55.0 Å². The molecule has 0 fully saturated rings. The standard InChI is InChI=1S/C16H11FN2O2/c1-21-10-4-8-5-12-11-3-2-9(17)6-13(11)16(20)19-15(12)14(8)18-7-10/h2-4,6-7H,5H2,1H3,(H,19,20). The Morgan fingerprint density at radius 3 is 2.95 bits per heavy atom. The van der Waals surface area contributed by atoms with Gasteiger partial charge in [0.2, 0.25) is 0 Å². The van der Waals surface area contributed by atoms with E-state index in [-0.39, 0.29) is 5.56 Å². The zero-order valence-corrected chi connectivity index (χ0v) is 11.2. The summed E-state index contributed by atoms with van der Waals surface area (Å²) in [6.07, 6.45) is 2.27. The van der Waals surface area contributed by atoms with E-state index in [0.717, 1.165) is 27.9 Å². The Balaban J connectivity index is 2.04. The van der Waals surface area contributed by atoms with E-state index in [0.29, 0.717) is 17.6 Å². The highest BCUT2D eigenvalue weighted by Gasteiger charge is 2.24. The second-order valence-electron chi connectivity index (χ2n) is 5.06. The average Bonchev–Trinajstić information content (AvgIpc) is 2.85. The number of pyridine rings is 2. The summed E-state index contributed by atoms with van der Waals surface area (Å²) in [5, 5.41) is 1.14. The molecule has 2 heterocycles. The van der Waals surface area contributed by atoms with Gasteiger partial charge in [-0.15, -0.1) is 0 Å². The van der Waals surface area contributed by atoms with E-state index in [1.807, 2.05) is 6.07 Å². The Bertz CT molecular complexity index is 947. The molecule has 0 saturated heterocycles. The lowest BCUT2D eigenvalue weighted by atomic mass is 10.0. The fourth-order valence-corrected chi connectivity index (χ4v) is 2.89. The van der Waals surface area contributed by atoms with Crippen molar-refractivity contribution in [2.45, 2.75) is 6.42 Å². The summed E-state index contributed by atoms with van der Waals surface area (Å²) >= 11 is 0. The first-order chi connectivity index (χ1) is 10.2. The van der Waals surface area contributed by atoms with Gasteiger partial charge < -0.3 is 9.72 Å². The van der Waals surface area contributed by atoms with Crippen molar-refractivity contribution in [2.75, 3.05) is 7.11 Å². The number of aromatic nitrogens is 2. The molecule has 2 aromatic heterocycles. The Kier molecular flexibility index (Phi) is 2.39. The van der Waals surface area contributed by atoms with Gasteiger partial charge in [0.25, 0.3) is 5.56 Å². The number of hydrogen-bond acceptors (Lipinski definition) is 3. The number of nitrogens with one attached hydrogen (secondary N) is 1. The van der Waals surface area contributed by atoms with Crippen LogP contribution in [-0.2, 0) is 6.42 Å². The van der Waals surface area contributed by atoms with Crippen LogP contribution in [0.25, 0.3) is 22.2 Å². The molecule has 0 atom stereocenters. The lowest BCUT2D eigenvalue weighted by Crippen LogP contribution is -2.09. The van der Waals surface area contributed by atoms with Crippen LogP contribution in [0.15, 0.2) is 35.3 Å². The molecule has 0 saturated carbocycles. The minimum atomic E-state index is -0.414. The number of aromatic amines is 1. The number of ether oxygens (including phenoxy) is 1. The van der Waals surface area contributed by atoms with Gasteiger partial charge in [-0.05, 0) is 34.7 Å². The van der Waals surface area contributed by atoms with Crippen LogP contribution in [0.3, 0.4) is 0 Å². The number of benzene rings is 1. The first-order valence-electron chi connectivity index (χ1n) is 6.55. The van der Waals surface area contributed by atoms with E-state index in [2.05, 4.69) is 9.97 Å². The normalized spacial score (nSPS) is 12.3. The SMILES string of the molecule is COc1cnc2c(c1)Cc1c-2[nH]c(=O)c2cc(F)ccc12. The van der Waals surface area contributed by atoms with Gasteiger partial charge in [0, 0.05) is 6.42 Å². The van der Waals surface area contributed by atoms with Crippen molar-refractivity contribution in [2.24, 2.45) is 0 Å². The van der Waals surface area contributed by atoms with E-state index < -0.39 is 5.82 Å². The largest absolute Gasteiger partial charge is 0.495 e. The minimum Gasteiger partial charge on any atom is -0.495 e. The zero-order chi connectivity index (χ0) is 14.6. The smallest absolute Gasteiger partial charge is 0.256 e. The summed E-state index contributed by atoms with van der Waals surface area (Å²) in [6.45, 7) is 0. The number of H-pyrrole nitrogens is 1. The maximum Gasteiger partial charge on any atom is 0.256 e. The Labute approximate surface area is 119 Å². The number of hydrogen-bond donors (Lipinski definition) is 1. The van der Waals surface area contributed by atoms with Gasteiger partial charge in [-0.2, -0.15) is 0 Å². The maximum absolute atomic E-state index is 13.3. The predicted molar refractivity (Wildman–Crippen MR) is 77.1 cm³/mol. The number of rotatable bonds is 1. The zero-order valence-electron chi connectivity index (χ0n) is 11.2. The van der Waals surface area contributed by atoms with Crippen molar-refractivity contribution in [3.63, 3.8) is 0 Å². The van der Waals surface area contributed by atoms with Crippen LogP contribution in [-0.4, -0.2) is 17.1 Å². The molecular formula is C16H11FN2O2.